The van der Waals surface area contributed by atoms with Gasteiger partial charge in [-0.15, -0.1) is 0 Å². The van der Waals surface area contributed by atoms with Crippen molar-refractivity contribution in [3.63, 3.8) is 0 Å². The van der Waals surface area contributed by atoms with Gasteiger partial charge in [0.25, 0.3) is 0 Å². The van der Waals surface area contributed by atoms with Crippen molar-refractivity contribution in [3.05, 3.63) is 12.3 Å². The van der Waals surface area contributed by atoms with Gasteiger partial charge in [-0.3, -0.25) is 14.4 Å². The topological polar surface area (TPSA) is 159 Å². The molecule has 2 N–H and O–H groups in total. The molecule has 3 aliphatic heterocycles. The van der Waals surface area contributed by atoms with Crippen LogP contribution in [0.2, 0.25) is 0 Å². The Morgan fingerprint density at radius 2 is 1.74 bits per heavy atom. The molecule has 4 rings (SSSR count). The van der Waals surface area contributed by atoms with Crippen molar-refractivity contribution in [1.29, 1.82) is 0 Å². The van der Waals surface area contributed by atoms with E-state index in [1.54, 1.807) is 27.7 Å². The number of Topliss-reactive ketones (excluding diaryl/α,β-unsaturated/α-hetero) is 1. The van der Waals surface area contributed by atoms with E-state index in [2.05, 4.69) is 5.32 Å². The molecular weight excluding hydrogens is 612 g/mol. The third-order valence-electron chi connectivity index (χ3n) is 11.0. The van der Waals surface area contributed by atoms with Gasteiger partial charge in [0.1, 0.15) is 5.78 Å². The lowest BCUT2D eigenvalue weighted by Crippen LogP contribution is -2.60. The van der Waals surface area contributed by atoms with Crippen LogP contribution in [0.1, 0.15) is 68.2 Å². The summed E-state index contributed by atoms with van der Waals surface area (Å²) in [5.41, 5.74) is -2.34. The van der Waals surface area contributed by atoms with Gasteiger partial charge >= 0.3 is 12.1 Å². The van der Waals surface area contributed by atoms with Crippen LogP contribution in [0.5, 0.6) is 0 Å². The predicted molar refractivity (Wildman–Crippen MR) is 169 cm³/mol. The summed E-state index contributed by atoms with van der Waals surface area (Å²) in [6.45, 7) is 13.9. The van der Waals surface area contributed by atoms with Crippen LogP contribution in [0.25, 0.3) is 0 Å². The first-order chi connectivity index (χ1) is 21.9. The number of alkyl carbamates (subject to hydrolysis) is 1. The summed E-state index contributed by atoms with van der Waals surface area (Å²) >= 11 is 0. The fourth-order valence-electron chi connectivity index (χ4n) is 7.96. The van der Waals surface area contributed by atoms with E-state index >= 15 is 0 Å². The van der Waals surface area contributed by atoms with E-state index in [9.17, 15) is 24.3 Å². The van der Waals surface area contributed by atoms with Crippen LogP contribution in [0.4, 0.5) is 4.79 Å². The molecule has 0 aromatic rings. The first kappa shape index (κ1) is 37.2. The second-order valence-corrected chi connectivity index (χ2v) is 14.6. The van der Waals surface area contributed by atoms with E-state index in [-0.39, 0.29) is 36.1 Å². The molecule has 4 fully saturated rings. The Morgan fingerprint density at radius 1 is 1.09 bits per heavy atom. The molecule has 0 radical (unpaired) electrons. The quantitative estimate of drug-likeness (QED) is 0.233. The lowest BCUT2D eigenvalue weighted by Gasteiger charge is -2.48. The number of methoxy groups -OCH3 is 1. The minimum Gasteiger partial charge on any atom is -0.491 e. The normalized spacial score (nSPS) is 46.1. The zero-order valence-corrected chi connectivity index (χ0v) is 29.6. The van der Waals surface area contributed by atoms with Gasteiger partial charge in [0.15, 0.2) is 29.9 Å². The smallest absolute Gasteiger partial charge is 0.408 e. The molecule has 13 heteroatoms. The van der Waals surface area contributed by atoms with E-state index < -0.39 is 83.7 Å². The van der Waals surface area contributed by atoms with Gasteiger partial charge in [0, 0.05) is 36.9 Å². The fraction of sp³-hybridized carbons (Fsp3) is 0.824. The summed E-state index contributed by atoms with van der Waals surface area (Å²) in [6, 6.07) is -0.866. The third-order valence-corrected chi connectivity index (χ3v) is 11.0. The van der Waals surface area contributed by atoms with Gasteiger partial charge in [-0.25, -0.2) is 4.79 Å². The van der Waals surface area contributed by atoms with Gasteiger partial charge in [-0.05, 0) is 54.6 Å². The fourth-order valence-corrected chi connectivity index (χ4v) is 7.96. The Balaban J connectivity index is 1.74. The zero-order valence-electron chi connectivity index (χ0n) is 29.6. The van der Waals surface area contributed by atoms with Gasteiger partial charge in [0.2, 0.25) is 0 Å². The predicted octanol–water partition coefficient (Wildman–Crippen LogP) is 2.62. The molecule has 266 valence electrons. The Hall–Kier alpha value is -2.58. The summed E-state index contributed by atoms with van der Waals surface area (Å²) in [4.78, 5) is 53.7. The maximum atomic E-state index is 14.0. The second kappa shape index (κ2) is 14.1. The molecule has 1 amide bonds. The third kappa shape index (κ3) is 7.10. The van der Waals surface area contributed by atoms with Crippen LogP contribution in [0, 0.1) is 29.6 Å². The average molecular weight is 667 g/mol. The first-order valence-corrected chi connectivity index (χ1v) is 16.7. The zero-order chi connectivity index (χ0) is 35.2. The van der Waals surface area contributed by atoms with E-state index in [4.69, 9.17) is 28.4 Å². The van der Waals surface area contributed by atoms with Crippen molar-refractivity contribution in [2.75, 3.05) is 21.2 Å². The van der Waals surface area contributed by atoms with Crippen molar-refractivity contribution >= 4 is 23.6 Å². The number of aliphatic hydroxyl groups excluding tert-OH is 1. The van der Waals surface area contributed by atoms with Gasteiger partial charge in [0.05, 0.1) is 48.2 Å². The SMILES string of the molecule is CO[C@@]1(C)C[C@@H](C)C(=O)[C@H](C)[C@H]2NC(=O)O[C@@]23C(C)[C@H]3OC(=O)[C@H](C)[C@@H](O)[C@H](C)[C@H]1O[C@@H]1O[C@H](C)C[C@H](N(C)C)[C@H]1O/C=C/C(C)=O. The number of nitrogens with zero attached hydrogens (tertiary/aromatic N) is 1. The van der Waals surface area contributed by atoms with Gasteiger partial charge < -0.3 is 43.7 Å². The van der Waals surface area contributed by atoms with Gasteiger partial charge in [-0.1, -0.05) is 27.7 Å². The van der Waals surface area contributed by atoms with E-state index in [0.29, 0.717) is 6.42 Å². The molecule has 0 aromatic carbocycles. The lowest BCUT2D eigenvalue weighted by molar-refractivity contribution is -0.301. The van der Waals surface area contributed by atoms with Crippen molar-refractivity contribution in [3.8, 4) is 0 Å². The molecule has 1 spiro atoms. The maximum Gasteiger partial charge on any atom is 0.408 e. The minimum atomic E-state index is -1.26. The highest BCUT2D eigenvalue weighted by Gasteiger charge is 2.77. The van der Waals surface area contributed by atoms with Crippen LogP contribution in [0.3, 0.4) is 0 Å². The molecule has 4 aliphatic rings. The summed E-state index contributed by atoms with van der Waals surface area (Å²) in [7, 11) is 5.36. The number of likely N-dealkylation sites (N-methyl/N-ethyl adjacent to an activating group) is 1. The Bertz CT molecular complexity index is 1230. The molecule has 47 heavy (non-hydrogen) atoms. The Morgan fingerprint density at radius 3 is 2.34 bits per heavy atom. The van der Waals surface area contributed by atoms with Crippen molar-refractivity contribution in [2.24, 2.45) is 29.6 Å². The number of aliphatic hydroxyl groups is 1. The molecule has 0 aromatic heterocycles. The van der Waals surface area contributed by atoms with E-state index in [1.807, 2.05) is 39.8 Å². The van der Waals surface area contributed by atoms with Crippen LogP contribution >= 0.6 is 0 Å². The number of ether oxygens (including phenoxy) is 6. The maximum absolute atomic E-state index is 14.0. The molecule has 13 nitrogen and oxygen atoms in total. The molecule has 3 saturated heterocycles. The summed E-state index contributed by atoms with van der Waals surface area (Å²) < 4.78 is 37.0. The summed E-state index contributed by atoms with van der Waals surface area (Å²) in [5.74, 6) is -4.28. The van der Waals surface area contributed by atoms with Crippen LogP contribution < -0.4 is 5.32 Å². The largest absolute Gasteiger partial charge is 0.491 e. The number of rotatable bonds is 7. The van der Waals surface area contributed by atoms with Crippen LogP contribution in [-0.4, -0.2) is 115 Å². The highest BCUT2D eigenvalue weighted by Crippen LogP contribution is 2.56. The number of hydrogen-bond donors (Lipinski definition) is 2. The van der Waals surface area contributed by atoms with E-state index in [0.717, 1.165) is 0 Å². The number of carbonyl (C=O) groups excluding carboxylic acids is 4. The molecule has 3 heterocycles. The lowest BCUT2D eigenvalue weighted by atomic mass is 9.75. The number of allylic oxidation sites excluding steroid dienone is 1. The number of hydrogen-bond acceptors (Lipinski definition) is 12. The molecule has 1 unspecified atom stereocenters. The van der Waals surface area contributed by atoms with Crippen LogP contribution in [-0.2, 0) is 42.8 Å². The van der Waals surface area contributed by atoms with Crippen molar-refractivity contribution in [1.82, 2.24) is 10.2 Å². The number of carbonyl (C=O) groups is 4. The minimum absolute atomic E-state index is 0.129. The number of amides is 1. The molecule has 1 saturated carbocycles. The molecular formula is C34H54N2O11. The highest BCUT2D eigenvalue weighted by atomic mass is 16.7. The van der Waals surface area contributed by atoms with Crippen molar-refractivity contribution < 1.29 is 52.7 Å². The summed E-state index contributed by atoms with van der Waals surface area (Å²) in [6.07, 6.45) is -2.00. The van der Waals surface area contributed by atoms with Crippen LogP contribution in [0.15, 0.2) is 12.3 Å². The number of esters is 1. The van der Waals surface area contributed by atoms with Crippen molar-refractivity contribution in [2.45, 2.75) is 128 Å². The highest BCUT2D eigenvalue weighted by molar-refractivity contribution is 5.87. The Labute approximate surface area is 278 Å². The number of ketones is 2. The summed E-state index contributed by atoms with van der Waals surface area (Å²) in [5, 5.41) is 14.5. The molecule has 15 atom stereocenters. The first-order valence-electron chi connectivity index (χ1n) is 16.7. The molecule has 0 bridgehead atoms. The number of nitrogens with one attached hydrogen (secondary N) is 1. The van der Waals surface area contributed by atoms with Gasteiger partial charge in [-0.2, -0.15) is 0 Å². The molecule has 1 aliphatic carbocycles. The standard InChI is InChI=1S/C34H54N2O11/c1-16-15-33(8,42-11)28(46-31-26(43-13-12-17(2)37)23(36(9)10)14-18(3)44-31)20(5)25(39)21(6)30(40)45-29-22(7)34(29)27(19(4)24(16)38)35-32(41)47-34/h12-13,16,18-23,25-29,31,39H,14-15H2,1-11H3,(H,35,41)/b13-12+/t16-,18-,19+,20+,21-,22?,23+,25+,26-,27-,28-,29-,31+,33+,34+/m1/s1. The Kier molecular flexibility index (Phi) is 11.2. The average Bonchev–Trinajstić information content (AvgIpc) is 3.36. The second-order valence-electron chi connectivity index (χ2n) is 14.6. The van der Waals surface area contributed by atoms with E-state index in [1.165, 1.54) is 26.4 Å². The monoisotopic (exact) mass is 666 g/mol.